The number of hydrogen-bond acceptors (Lipinski definition) is 3. The van der Waals surface area contributed by atoms with Gasteiger partial charge in [0.15, 0.2) is 0 Å². The molecule has 1 aromatic carbocycles. The van der Waals surface area contributed by atoms with Gasteiger partial charge in [0.1, 0.15) is 5.69 Å². The smallest absolute Gasteiger partial charge is 0.268 e. The fourth-order valence-electron chi connectivity index (χ4n) is 4.37. The van der Waals surface area contributed by atoms with E-state index in [9.17, 15) is 9.59 Å². The number of rotatable bonds is 6. The van der Waals surface area contributed by atoms with Crippen LogP contribution in [0, 0.1) is 5.92 Å². The molecule has 1 saturated carbocycles. The van der Waals surface area contributed by atoms with Crippen molar-refractivity contribution in [1.29, 1.82) is 0 Å². The predicted molar refractivity (Wildman–Crippen MR) is 106 cm³/mol. The maximum atomic E-state index is 13.0. The number of amides is 2. The molecule has 28 heavy (non-hydrogen) atoms. The molecule has 1 aliphatic carbocycles. The van der Waals surface area contributed by atoms with Gasteiger partial charge in [-0.05, 0) is 36.5 Å². The van der Waals surface area contributed by atoms with E-state index >= 15 is 0 Å². The number of likely N-dealkylation sites (tertiary alicyclic amines) is 1. The van der Waals surface area contributed by atoms with Gasteiger partial charge in [-0.2, -0.15) is 0 Å². The van der Waals surface area contributed by atoms with Crippen molar-refractivity contribution in [2.24, 2.45) is 13.0 Å². The third-order valence-electron chi connectivity index (χ3n) is 5.98. The molecule has 2 fully saturated rings. The first-order valence-corrected chi connectivity index (χ1v) is 9.79. The topological polar surface area (TPSA) is 63.6 Å². The number of benzene rings is 1. The summed E-state index contributed by atoms with van der Waals surface area (Å²) in [5, 5.41) is 3.14. The van der Waals surface area contributed by atoms with Gasteiger partial charge in [0.2, 0.25) is 5.91 Å². The van der Waals surface area contributed by atoms with Crippen LogP contribution in [-0.2, 0) is 16.6 Å². The number of nitrogens with one attached hydrogen (secondary N) is 1. The van der Waals surface area contributed by atoms with E-state index in [-0.39, 0.29) is 17.7 Å². The van der Waals surface area contributed by atoms with Crippen LogP contribution in [0.2, 0.25) is 0 Å². The SMILES string of the molecule is COCC1(NC(=O)c2cccn2C)CCN(C(=O)[C@@H]2C[C@H]2c2ccccc2)C1. The number of hydrogen-bond donors (Lipinski definition) is 1. The average Bonchev–Trinajstić information content (AvgIpc) is 3.21. The monoisotopic (exact) mass is 381 g/mol. The molecule has 2 aliphatic rings. The molecule has 1 saturated heterocycles. The number of ether oxygens (including phenoxy) is 1. The fourth-order valence-corrected chi connectivity index (χ4v) is 4.37. The van der Waals surface area contributed by atoms with Gasteiger partial charge in [-0.3, -0.25) is 9.59 Å². The first-order valence-electron chi connectivity index (χ1n) is 9.79. The van der Waals surface area contributed by atoms with Crippen LogP contribution in [0.25, 0.3) is 0 Å². The Morgan fingerprint density at radius 3 is 2.68 bits per heavy atom. The summed E-state index contributed by atoms with van der Waals surface area (Å²) in [4.78, 5) is 27.7. The molecule has 148 valence electrons. The van der Waals surface area contributed by atoms with E-state index < -0.39 is 5.54 Å². The summed E-state index contributed by atoms with van der Waals surface area (Å²) in [7, 11) is 3.48. The lowest BCUT2D eigenvalue weighted by atomic mass is 9.99. The number of methoxy groups -OCH3 is 1. The quantitative estimate of drug-likeness (QED) is 0.834. The van der Waals surface area contributed by atoms with E-state index in [0.29, 0.717) is 37.7 Å². The minimum absolute atomic E-state index is 0.0596. The number of carbonyl (C=O) groups excluding carboxylic acids is 2. The molecule has 1 N–H and O–H groups in total. The highest BCUT2D eigenvalue weighted by molar-refractivity contribution is 5.93. The molecule has 0 bridgehead atoms. The van der Waals surface area contributed by atoms with Crippen molar-refractivity contribution < 1.29 is 14.3 Å². The van der Waals surface area contributed by atoms with Gasteiger partial charge in [-0.15, -0.1) is 0 Å². The van der Waals surface area contributed by atoms with Crippen LogP contribution < -0.4 is 5.32 Å². The molecule has 2 aromatic rings. The summed E-state index contributed by atoms with van der Waals surface area (Å²) in [6, 6.07) is 13.9. The van der Waals surface area contributed by atoms with Crippen LogP contribution in [0.4, 0.5) is 0 Å². The molecule has 6 nitrogen and oxygen atoms in total. The Morgan fingerprint density at radius 2 is 2.00 bits per heavy atom. The maximum Gasteiger partial charge on any atom is 0.268 e. The van der Waals surface area contributed by atoms with Gasteiger partial charge in [0.25, 0.3) is 5.91 Å². The summed E-state index contributed by atoms with van der Waals surface area (Å²) >= 11 is 0. The third-order valence-corrected chi connectivity index (χ3v) is 5.98. The summed E-state index contributed by atoms with van der Waals surface area (Å²) in [6.07, 6.45) is 3.46. The summed E-state index contributed by atoms with van der Waals surface area (Å²) < 4.78 is 7.21. The predicted octanol–water partition coefficient (Wildman–Crippen LogP) is 2.18. The second kappa shape index (κ2) is 7.43. The van der Waals surface area contributed by atoms with E-state index in [1.165, 1.54) is 5.56 Å². The molecule has 1 aliphatic heterocycles. The lowest BCUT2D eigenvalue weighted by Gasteiger charge is -2.30. The Bertz CT molecular complexity index is 863. The first kappa shape index (κ1) is 18.7. The molecule has 1 aromatic heterocycles. The Morgan fingerprint density at radius 1 is 1.21 bits per heavy atom. The highest BCUT2D eigenvalue weighted by atomic mass is 16.5. The largest absolute Gasteiger partial charge is 0.382 e. The molecule has 4 rings (SSSR count). The number of aromatic nitrogens is 1. The Kier molecular flexibility index (Phi) is 4.98. The van der Waals surface area contributed by atoms with Crippen LogP contribution in [0.1, 0.15) is 34.8 Å². The Hall–Kier alpha value is -2.60. The second-order valence-electron chi connectivity index (χ2n) is 8.04. The summed E-state index contributed by atoms with van der Waals surface area (Å²) in [5.74, 6) is 0.445. The van der Waals surface area contributed by atoms with E-state index in [0.717, 1.165) is 6.42 Å². The average molecular weight is 381 g/mol. The van der Waals surface area contributed by atoms with Crippen LogP contribution >= 0.6 is 0 Å². The van der Waals surface area contributed by atoms with Gasteiger partial charge >= 0.3 is 0 Å². The normalized spacial score (nSPS) is 26.3. The standard InChI is InChI=1S/C22H27N3O3/c1-24-11-6-9-19(24)20(26)23-22(15-28-2)10-12-25(14-22)21(27)18-13-17(18)16-7-4-3-5-8-16/h3-9,11,17-18H,10,12-15H2,1-2H3,(H,23,26)/t17-,18+,22?/m0/s1. The van der Waals surface area contributed by atoms with E-state index in [1.54, 1.807) is 17.7 Å². The van der Waals surface area contributed by atoms with Crippen molar-refractivity contribution >= 4 is 11.8 Å². The van der Waals surface area contributed by atoms with Gasteiger partial charge < -0.3 is 19.5 Å². The molecule has 0 radical (unpaired) electrons. The molecular weight excluding hydrogens is 354 g/mol. The number of carbonyl (C=O) groups is 2. The molecule has 2 amide bonds. The van der Waals surface area contributed by atoms with Gasteiger partial charge in [0, 0.05) is 39.4 Å². The van der Waals surface area contributed by atoms with E-state index in [2.05, 4.69) is 17.4 Å². The highest BCUT2D eigenvalue weighted by Gasteiger charge is 2.49. The zero-order chi connectivity index (χ0) is 19.7. The summed E-state index contributed by atoms with van der Waals surface area (Å²) in [6.45, 7) is 1.53. The molecule has 3 atom stereocenters. The van der Waals surface area contributed by atoms with Crippen molar-refractivity contribution in [3.05, 3.63) is 59.9 Å². The van der Waals surface area contributed by atoms with Crippen molar-refractivity contribution in [1.82, 2.24) is 14.8 Å². The highest BCUT2D eigenvalue weighted by Crippen LogP contribution is 2.48. The fraction of sp³-hybridized carbons (Fsp3) is 0.455. The number of aryl methyl sites for hydroxylation is 1. The first-order chi connectivity index (χ1) is 13.5. The Balaban J connectivity index is 1.42. The van der Waals surface area contributed by atoms with E-state index in [1.807, 2.05) is 42.4 Å². The minimum Gasteiger partial charge on any atom is -0.382 e. The third kappa shape index (κ3) is 3.56. The van der Waals surface area contributed by atoms with Crippen molar-refractivity contribution in [3.8, 4) is 0 Å². The van der Waals surface area contributed by atoms with Gasteiger partial charge in [-0.25, -0.2) is 0 Å². The zero-order valence-electron chi connectivity index (χ0n) is 16.4. The Labute approximate surface area is 165 Å². The molecule has 1 unspecified atom stereocenters. The minimum atomic E-state index is -0.539. The summed E-state index contributed by atoms with van der Waals surface area (Å²) in [5.41, 5.74) is 1.30. The zero-order valence-corrected chi connectivity index (χ0v) is 16.4. The van der Waals surface area contributed by atoms with Crippen molar-refractivity contribution in [2.75, 3.05) is 26.8 Å². The maximum absolute atomic E-state index is 13.0. The van der Waals surface area contributed by atoms with E-state index in [4.69, 9.17) is 4.74 Å². The molecule has 2 heterocycles. The lowest BCUT2D eigenvalue weighted by Crippen LogP contribution is -2.54. The molecule has 6 heteroatoms. The van der Waals surface area contributed by atoms with Crippen LogP contribution in [-0.4, -0.2) is 53.6 Å². The van der Waals surface area contributed by atoms with Gasteiger partial charge in [0.05, 0.1) is 12.1 Å². The van der Waals surface area contributed by atoms with Crippen LogP contribution in [0.5, 0.6) is 0 Å². The molecule has 0 spiro atoms. The van der Waals surface area contributed by atoms with Crippen molar-refractivity contribution in [2.45, 2.75) is 24.3 Å². The van der Waals surface area contributed by atoms with Gasteiger partial charge in [-0.1, -0.05) is 30.3 Å². The van der Waals surface area contributed by atoms with Crippen LogP contribution in [0.15, 0.2) is 48.7 Å². The van der Waals surface area contributed by atoms with Crippen LogP contribution in [0.3, 0.4) is 0 Å². The van der Waals surface area contributed by atoms with Crippen molar-refractivity contribution in [3.63, 3.8) is 0 Å². The molecular formula is C22H27N3O3. The lowest BCUT2D eigenvalue weighted by molar-refractivity contribution is -0.132. The second-order valence-corrected chi connectivity index (χ2v) is 8.04. The number of nitrogens with zero attached hydrogens (tertiary/aromatic N) is 2.